The molecular weight excluding hydrogens is 344 g/mol. The number of fused-ring (bicyclic) bond motifs is 2. The first kappa shape index (κ1) is 13.3. The molecule has 2 aromatic carbocycles. The number of hydrogen-bond donors (Lipinski definition) is 0. The van der Waals surface area contributed by atoms with Crippen molar-refractivity contribution in [3.63, 3.8) is 0 Å². The maximum Gasteiger partial charge on any atom is 0.196 e. The predicted octanol–water partition coefficient (Wildman–Crippen LogP) is 5.28. The van der Waals surface area contributed by atoms with Gasteiger partial charge in [-0.05, 0) is 37.3 Å². The Morgan fingerprint density at radius 1 is 0.955 bits per heavy atom. The molecule has 0 radical (unpaired) electrons. The lowest BCUT2D eigenvalue weighted by Gasteiger charge is -2.04. The molecule has 22 heavy (non-hydrogen) atoms. The van der Waals surface area contributed by atoms with Crippen LogP contribution in [0.4, 0.5) is 0 Å². The van der Waals surface area contributed by atoms with Crippen molar-refractivity contribution in [3.05, 3.63) is 68.8 Å². The van der Waals surface area contributed by atoms with E-state index in [4.69, 9.17) is 8.83 Å². The topological polar surface area (TPSA) is 43.4 Å². The second kappa shape index (κ2) is 4.85. The quantitative estimate of drug-likeness (QED) is 0.467. The van der Waals surface area contributed by atoms with Crippen LogP contribution in [0.3, 0.4) is 0 Å². The molecule has 2 aromatic heterocycles. The summed E-state index contributed by atoms with van der Waals surface area (Å²) in [6, 6.07) is 15.0. The number of furan rings is 1. The summed E-state index contributed by atoms with van der Waals surface area (Å²) < 4.78 is 12.6. The molecule has 4 rings (SSSR count). The van der Waals surface area contributed by atoms with Crippen molar-refractivity contribution >= 4 is 37.9 Å². The van der Waals surface area contributed by atoms with E-state index in [0.717, 1.165) is 15.4 Å². The SMILES string of the molecule is Cc1c(-c2cc3ccccc3o2)oc2ccc(Br)cc2c1=O. The fourth-order valence-corrected chi connectivity index (χ4v) is 2.95. The average Bonchev–Trinajstić information content (AvgIpc) is 2.95. The van der Waals surface area contributed by atoms with Crippen molar-refractivity contribution < 1.29 is 8.83 Å². The van der Waals surface area contributed by atoms with Gasteiger partial charge < -0.3 is 8.83 Å². The van der Waals surface area contributed by atoms with E-state index in [1.165, 1.54) is 0 Å². The predicted molar refractivity (Wildman–Crippen MR) is 90.1 cm³/mol. The van der Waals surface area contributed by atoms with E-state index in [2.05, 4.69) is 15.9 Å². The molecule has 0 atom stereocenters. The minimum absolute atomic E-state index is 0.0435. The monoisotopic (exact) mass is 354 g/mol. The summed E-state index contributed by atoms with van der Waals surface area (Å²) in [5, 5.41) is 1.54. The molecule has 0 bridgehead atoms. The molecule has 4 heteroatoms. The van der Waals surface area contributed by atoms with E-state index in [1.54, 1.807) is 19.1 Å². The largest absolute Gasteiger partial charge is 0.453 e. The highest BCUT2D eigenvalue weighted by Gasteiger charge is 2.16. The first-order valence-electron chi connectivity index (χ1n) is 6.85. The molecule has 108 valence electrons. The summed E-state index contributed by atoms with van der Waals surface area (Å²) in [5.74, 6) is 1.05. The number of para-hydroxylation sites is 1. The van der Waals surface area contributed by atoms with Gasteiger partial charge in [-0.2, -0.15) is 0 Å². The first-order valence-corrected chi connectivity index (χ1v) is 7.65. The third kappa shape index (κ3) is 1.99. The van der Waals surface area contributed by atoms with Gasteiger partial charge >= 0.3 is 0 Å². The zero-order chi connectivity index (χ0) is 15.3. The fourth-order valence-electron chi connectivity index (χ4n) is 2.59. The van der Waals surface area contributed by atoms with E-state index in [9.17, 15) is 4.79 Å². The zero-order valence-electron chi connectivity index (χ0n) is 11.7. The lowest BCUT2D eigenvalue weighted by atomic mass is 10.1. The van der Waals surface area contributed by atoms with Crippen molar-refractivity contribution in [1.29, 1.82) is 0 Å². The molecule has 0 amide bonds. The maximum absolute atomic E-state index is 12.6. The molecule has 0 saturated carbocycles. The van der Waals surface area contributed by atoms with Crippen molar-refractivity contribution in [3.8, 4) is 11.5 Å². The Kier molecular flexibility index (Phi) is 2.94. The van der Waals surface area contributed by atoms with Crippen LogP contribution in [0.1, 0.15) is 5.56 Å². The molecule has 0 spiro atoms. The van der Waals surface area contributed by atoms with Crippen LogP contribution in [0.15, 0.2) is 66.6 Å². The van der Waals surface area contributed by atoms with Crippen molar-refractivity contribution in [1.82, 2.24) is 0 Å². The minimum atomic E-state index is -0.0435. The van der Waals surface area contributed by atoms with Crippen LogP contribution >= 0.6 is 15.9 Å². The molecule has 0 N–H and O–H groups in total. The smallest absolute Gasteiger partial charge is 0.196 e. The lowest BCUT2D eigenvalue weighted by molar-refractivity contribution is 0.558. The van der Waals surface area contributed by atoms with Crippen LogP contribution in [0, 0.1) is 6.92 Å². The summed E-state index contributed by atoms with van der Waals surface area (Å²) in [6.07, 6.45) is 0. The van der Waals surface area contributed by atoms with E-state index in [0.29, 0.717) is 28.1 Å². The number of hydrogen-bond acceptors (Lipinski definition) is 3. The van der Waals surface area contributed by atoms with Gasteiger partial charge in [0.05, 0.1) is 5.39 Å². The van der Waals surface area contributed by atoms with E-state index < -0.39 is 0 Å². The van der Waals surface area contributed by atoms with E-state index >= 15 is 0 Å². The molecule has 0 aliphatic heterocycles. The highest BCUT2D eigenvalue weighted by atomic mass is 79.9. The Morgan fingerprint density at radius 3 is 2.59 bits per heavy atom. The number of rotatable bonds is 1. The molecule has 0 saturated heterocycles. The van der Waals surface area contributed by atoms with Crippen LogP contribution in [0.25, 0.3) is 33.5 Å². The van der Waals surface area contributed by atoms with E-state index in [1.807, 2.05) is 36.4 Å². The second-order valence-electron chi connectivity index (χ2n) is 5.17. The van der Waals surface area contributed by atoms with Gasteiger partial charge in [-0.3, -0.25) is 4.79 Å². The molecule has 4 aromatic rings. The van der Waals surface area contributed by atoms with Crippen molar-refractivity contribution in [2.24, 2.45) is 0 Å². The van der Waals surface area contributed by atoms with Crippen LogP contribution in [-0.4, -0.2) is 0 Å². The van der Waals surface area contributed by atoms with E-state index in [-0.39, 0.29) is 5.43 Å². The Hall–Kier alpha value is -2.33. The third-order valence-corrected chi connectivity index (χ3v) is 4.22. The van der Waals surface area contributed by atoms with Gasteiger partial charge in [0.2, 0.25) is 0 Å². The summed E-state index contributed by atoms with van der Waals surface area (Å²) >= 11 is 3.38. The summed E-state index contributed by atoms with van der Waals surface area (Å²) in [7, 11) is 0. The third-order valence-electron chi connectivity index (χ3n) is 3.73. The van der Waals surface area contributed by atoms with Crippen LogP contribution < -0.4 is 5.43 Å². The van der Waals surface area contributed by atoms with Crippen LogP contribution in [0.5, 0.6) is 0 Å². The second-order valence-corrected chi connectivity index (χ2v) is 6.09. The Labute approximate surface area is 134 Å². The molecule has 0 aliphatic rings. The average molecular weight is 355 g/mol. The van der Waals surface area contributed by atoms with Gasteiger partial charge in [-0.15, -0.1) is 0 Å². The van der Waals surface area contributed by atoms with Crippen molar-refractivity contribution in [2.45, 2.75) is 6.92 Å². The highest BCUT2D eigenvalue weighted by Crippen LogP contribution is 2.31. The molecule has 0 aliphatic carbocycles. The van der Waals surface area contributed by atoms with Gasteiger partial charge in [0, 0.05) is 15.4 Å². The summed E-state index contributed by atoms with van der Waals surface area (Å²) in [5.41, 5.74) is 1.83. The van der Waals surface area contributed by atoms with Gasteiger partial charge in [0.25, 0.3) is 0 Å². The number of halogens is 1. The fraction of sp³-hybridized carbons (Fsp3) is 0.0556. The van der Waals surface area contributed by atoms with Gasteiger partial charge in [-0.25, -0.2) is 0 Å². The molecule has 0 unspecified atom stereocenters. The summed E-state index contributed by atoms with van der Waals surface area (Å²) in [6.45, 7) is 1.76. The van der Waals surface area contributed by atoms with Gasteiger partial charge in [0.15, 0.2) is 16.9 Å². The van der Waals surface area contributed by atoms with Crippen LogP contribution in [-0.2, 0) is 0 Å². The van der Waals surface area contributed by atoms with Crippen LogP contribution in [0.2, 0.25) is 0 Å². The normalized spacial score (nSPS) is 11.4. The maximum atomic E-state index is 12.6. The highest BCUT2D eigenvalue weighted by molar-refractivity contribution is 9.10. The summed E-state index contributed by atoms with van der Waals surface area (Å²) in [4.78, 5) is 12.6. The molecular formula is C18H11BrO3. The Bertz CT molecular complexity index is 1040. The molecule has 3 nitrogen and oxygen atoms in total. The zero-order valence-corrected chi connectivity index (χ0v) is 13.3. The van der Waals surface area contributed by atoms with Gasteiger partial charge in [-0.1, -0.05) is 34.1 Å². The minimum Gasteiger partial charge on any atom is -0.453 e. The first-order chi connectivity index (χ1) is 10.6. The van der Waals surface area contributed by atoms with Gasteiger partial charge in [0.1, 0.15) is 11.2 Å². The Morgan fingerprint density at radius 2 is 1.77 bits per heavy atom. The Balaban J connectivity index is 2.04. The molecule has 2 heterocycles. The lowest BCUT2D eigenvalue weighted by Crippen LogP contribution is -2.06. The standard InChI is InChI=1S/C18H11BrO3/c1-10-17(20)13-9-12(19)6-7-15(13)22-18(10)16-8-11-4-2-3-5-14(11)21-16/h2-9H,1H3. The number of benzene rings is 2. The molecule has 0 fully saturated rings. The van der Waals surface area contributed by atoms with Crippen molar-refractivity contribution in [2.75, 3.05) is 0 Å².